The molecule has 1 saturated heterocycles. The van der Waals surface area contributed by atoms with E-state index in [1.54, 1.807) is 6.20 Å². The number of benzene rings is 1. The first kappa shape index (κ1) is 15.2. The van der Waals surface area contributed by atoms with E-state index in [1.807, 2.05) is 35.1 Å². The monoisotopic (exact) mass is 347 g/mol. The molecule has 4 heterocycles. The van der Waals surface area contributed by atoms with Gasteiger partial charge in [-0.1, -0.05) is 35.5 Å². The second kappa shape index (κ2) is 6.34. The van der Waals surface area contributed by atoms with Gasteiger partial charge in [-0.3, -0.25) is 0 Å². The van der Waals surface area contributed by atoms with Crippen LogP contribution in [-0.2, 0) is 11.3 Å². The highest BCUT2D eigenvalue weighted by atomic mass is 16.5. The number of hydrogen-bond donors (Lipinski definition) is 0. The Hall–Kier alpha value is -3.06. The molecule has 26 heavy (non-hydrogen) atoms. The number of nitrogens with zero attached hydrogens (tertiary/aromatic N) is 5. The number of fused-ring (bicyclic) bond motifs is 1. The molecule has 1 aliphatic heterocycles. The smallest absolute Gasteiger partial charge is 0.259 e. The summed E-state index contributed by atoms with van der Waals surface area (Å²) in [5, 5.41) is 9.51. The minimum Gasteiger partial charge on any atom is -0.381 e. The standard InChI is InChI=1S/C19H17N5O2/c1-2-4-13(5-3-1)11-24-18-15(10-21-24)8-16(9-20-18)19-22-17(23-26-19)14-6-7-25-12-14/h1-5,8-10,14H,6-7,11-12H2. The molecule has 1 fully saturated rings. The molecule has 5 rings (SSSR count). The fraction of sp³-hybridized carbons (Fsp3) is 0.263. The summed E-state index contributed by atoms with van der Waals surface area (Å²) in [6.45, 7) is 2.09. The van der Waals surface area contributed by atoms with Gasteiger partial charge in [0.2, 0.25) is 0 Å². The first-order chi connectivity index (χ1) is 12.9. The van der Waals surface area contributed by atoms with Gasteiger partial charge in [0.05, 0.1) is 24.9 Å². The van der Waals surface area contributed by atoms with Crippen LogP contribution < -0.4 is 0 Å². The first-order valence-electron chi connectivity index (χ1n) is 8.64. The van der Waals surface area contributed by atoms with E-state index in [-0.39, 0.29) is 5.92 Å². The Balaban J connectivity index is 1.44. The number of pyridine rings is 1. The second-order valence-electron chi connectivity index (χ2n) is 6.44. The minimum absolute atomic E-state index is 0.220. The lowest BCUT2D eigenvalue weighted by molar-refractivity contribution is 0.192. The zero-order chi connectivity index (χ0) is 17.3. The van der Waals surface area contributed by atoms with Gasteiger partial charge < -0.3 is 9.26 Å². The largest absolute Gasteiger partial charge is 0.381 e. The van der Waals surface area contributed by atoms with E-state index < -0.39 is 0 Å². The predicted molar refractivity (Wildman–Crippen MR) is 94.5 cm³/mol. The molecular formula is C19H17N5O2. The van der Waals surface area contributed by atoms with Gasteiger partial charge in [-0.25, -0.2) is 9.67 Å². The quantitative estimate of drug-likeness (QED) is 0.565. The van der Waals surface area contributed by atoms with Gasteiger partial charge >= 0.3 is 0 Å². The van der Waals surface area contributed by atoms with Crippen LogP contribution in [0.5, 0.6) is 0 Å². The van der Waals surface area contributed by atoms with Crippen LogP contribution in [0.2, 0.25) is 0 Å². The maximum absolute atomic E-state index is 5.43. The second-order valence-corrected chi connectivity index (χ2v) is 6.44. The van der Waals surface area contributed by atoms with E-state index in [0.29, 0.717) is 24.9 Å². The Morgan fingerprint density at radius 1 is 1.15 bits per heavy atom. The molecule has 0 N–H and O–H groups in total. The van der Waals surface area contributed by atoms with Crippen LogP contribution in [-0.4, -0.2) is 38.1 Å². The van der Waals surface area contributed by atoms with E-state index in [9.17, 15) is 0 Å². The summed E-state index contributed by atoms with van der Waals surface area (Å²) >= 11 is 0. The van der Waals surface area contributed by atoms with Crippen molar-refractivity contribution in [2.75, 3.05) is 13.2 Å². The zero-order valence-corrected chi connectivity index (χ0v) is 14.1. The summed E-state index contributed by atoms with van der Waals surface area (Å²) in [4.78, 5) is 9.09. The third-order valence-corrected chi connectivity index (χ3v) is 4.63. The average molecular weight is 347 g/mol. The topological polar surface area (TPSA) is 78.9 Å². The molecule has 130 valence electrons. The fourth-order valence-corrected chi connectivity index (χ4v) is 3.22. The Kier molecular flexibility index (Phi) is 3.71. The molecule has 0 radical (unpaired) electrons. The number of rotatable bonds is 4. The van der Waals surface area contributed by atoms with Gasteiger partial charge in [-0.05, 0) is 18.1 Å². The predicted octanol–water partition coefficient (Wildman–Crippen LogP) is 3.03. The molecule has 0 bridgehead atoms. The van der Waals surface area contributed by atoms with Crippen molar-refractivity contribution in [3.8, 4) is 11.5 Å². The van der Waals surface area contributed by atoms with Gasteiger partial charge in [0.25, 0.3) is 5.89 Å². The van der Waals surface area contributed by atoms with Crippen LogP contribution in [0.15, 0.2) is 53.3 Å². The van der Waals surface area contributed by atoms with E-state index in [0.717, 1.165) is 29.6 Å². The molecule has 0 aliphatic carbocycles. The number of ether oxygens (including phenoxy) is 1. The van der Waals surface area contributed by atoms with Gasteiger partial charge in [-0.15, -0.1) is 0 Å². The highest BCUT2D eigenvalue weighted by molar-refractivity contribution is 5.79. The molecule has 7 nitrogen and oxygen atoms in total. The molecule has 3 aromatic heterocycles. The van der Waals surface area contributed by atoms with Crippen molar-refractivity contribution >= 4 is 11.0 Å². The van der Waals surface area contributed by atoms with Crippen molar-refractivity contribution in [1.82, 2.24) is 24.9 Å². The molecule has 1 atom stereocenters. The summed E-state index contributed by atoms with van der Waals surface area (Å²) in [5.41, 5.74) is 2.82. The van der Waals surface area contributed by atoms with Crippen molar-refractivity contribution in [2.24, 2.45) is 0 Å². The van der Waals surface area contributed by atoms with E-state index >= 15 is 0 Å². The lowest BCUT2D eigenvalue weighted by Gasteiger charge is -2.03. The highest BCUT2D eigenvalue weighted by Crippen LogP contribution is 2.26. The van der Waals surface area contributed by atoms with Crippen molar-refractivity contribution in [1.29, 1.82) is 0 Å². The van der Waals surface area contributed by atoms with Crippen molar-refractivity contribution in [3.63, 3.8) is 0 Å². The van der Waals surface area contributed by atoms with Crippen molar-refractivity contribution in [3.05, 3.63) is 60.2 Å². The molecular weight excluding hydrogens is 330 g/mol. The van der Waals surface area contributed by atoms with Gasteiger partial charge in [0.1, 0.15) is 0 Å². The molecule has 7 heteroatoms. The minimum atomic E-state index is 0.220. The zero-order valence-electron chi connectivity index (χ0n) is 14.1. The molecule has 0 amide bonds. The number of aromatic nitrogens is 5. The summed E-state index contributed by atoms with van der Waals surface area (Å²) in [7, 11) is 0. The average Bonchev–Trinajstić information content (AvgIpc) is 3.43. The first-order valence-corrected chi connectivity index (χ1v) is 8.64. The van der Waals surface area contributed by atoms with Crippen molar-refractivity contribution in [2.45, 2.75) is 18.9 Å². The highest BCUT2D eigenvalue weighted by Gasteiger charge is 2.23. The molecule has 0 saturated carbocycles. The SMILES string of the molecule is c1ccc(Cn2ncc3cc(-c4nc(C5CCOC5)no4)cnc32)cc1. The Morgan fingerprint density at radius 2 is 2.08 bits per heavy atom. The van der Waals surface area contributed by atoms with E-state index in [1.165, 1.54) is 5.56 Å². The Morgan fingerprint density at radius 3 is 2.92 bits per heavy atom. The maximum Gasteiger partial charge on any atom is 0.259 e. The number of hydrogen-bond acceptors (Lipinski definition) is 6. The van der Waals surface area contributed by atoms with Crippen LogP contribution in [0.4, 0.5) is 0 Å². The summed E-state index contributed by atoms with van der Waals surface area (Å²) in [5.74, 6) is 1.41. The van der Waals surface area contributed by atoms with Gasteiger partial charge in [0.15, 0.2) is 11.5 Å². The van der Waals surface area contributed by atoms with Gasteiger partial charge in [0, 0.05) is 24.1 Å². The third-order valence-electron chi connectivity index (χ3n) is 4.63. The lowest BCUT2D eigenvalue weighted by Crippen LogP contribution is -2.02. The molecule has 1 aromatic carbocycles. The fourth-order valence-electron chi connectivity index (χ4n) is 3.22. The van der Waals surface area contributed by atoms with Crippen LogP contribution in [0, 0.1) is 0 Å². The summed E-state index contributed by atoms with van der Waals surface area (Å²) in [6, 6.07) is 12.2. The molecule has 4 aromatic rings. The summed E-state index contributed by atoms with van der Waals surface area (Å²) < 4.78 is 12.7. The van der Waals surface area contributed by atoms with Crippen LogP contribution in [0.25, 0.3) is 22.5 Å². The molecule has 1 unspecified atom stereocenters. The lowest BCUT2D eigenvalue weighted by atomic mass is 10.1. The molecule has 0 spiro atoms. The van der Waals surface area contributed by atoms with Crippen LogP contribution >= 0.6 is 0 Å². The van der Waals surface area contributed by atoms with Gasteiger partial charge in [-0.2, -0.15) is 10.1 Å². The van der Waals surface area contributed by atoms with E-state index in [4.69, 9.17) is 9.26 Å². The molecule has 1 aliphatic rings. The third kappa shape index (κ3) is 2.76. The maximum atomic E-state index is 5.43. The normalized spacial score (nSPS) is 17.2. The summed E-state index contributed by atoms with van der Waals surface area (Å²) in [6.07, 6.45) is 4.51. The van der Waals surface area contributed by atoms with Crippen LogP contribution in [0.1, 0.15) is 23.7 Å². The van der Waals surface area contributed by atoms with Crippen molar-refractivity contribution < 1.29 is 9.26 Å². The Labute approximate surface area is 149 Å². The van der Waals surface area contributed by atoms with Crippen LogP contribution in [0.3, 0.4) is 0 Å². The Bertz CT molecular complexity index is 1030. The van der Waals surface area contributed by atoms with E-state index in [2.05, 4.69) is 32.4 Å².